The Labute approximate surface area is 128 Å². The Morgan fingerprint density at radius 1 is 1.29 bits per heavy atom. The van der Waals surface area contributed by atoms with E-state index in [1.54, 1.807) is 0 Å². The highest BCUT2D eigenvalue weighted by Crippen LogP contribution is 2.33. The van der Waals surface area contributed by atoms with Gasteiger partial charge < -0.3 is 4.74 Å². The minimum Gasteiger partial charge on any atom is -0.467 e. The monoisotopic (exact) mass is 347 g/mol. The van der Waals surface area contributed by atoms with Crippen molar-refractivity contribution in [1.29, 1.82) is 0 Å². The van der Waals surface area contributed by atoms with Crippen LogP contribution in [0.3, 0.4) is 0 Å². The number of ether oxygens (including phenoxy) is 1. The SMILES string of the molecule is COC(=O)C(C)(NCC(F)(F)F)c1cc(F)c(Cl)cc1Cl. The molecule has 9 heteroatoms. The van der Waals surface area contributed by atoms with Gasteiger partial charge in [-0.05, 0) is 19.1 Å². The molecule has 0 heterocycles. The molecule has 0 amide bonds. The summed E-state index contributed by atoms with van der Waals surface area (Å²) < 4.78 is 55.1. The lowest BCUT2D eigenvalue weighted by molar-refractivity contribution is -0.153. The number of rotatable bonds is 4. The largest absolute Gasteiger partial charge is 0.467 e. The molecule has 1 rings (SSSR count). The summed E-state index contributed by atoms with van der Waals surface area (Å²) in [5.41, 5.74) is -2.19. The predicted octanol–water partition coefficient (Wildman–Crippen LogP) is 3.67. The van der Waals surface area contributed by atoms with Gasteiger partial charge in [-0.25, -0.2) is 9.18 Å². The number of carbonyl (C=O) groups is 1. The molecule has 1 atom stereocenters. The smallest absolute Gasteiger partial charge is 0.401 e. The molecular weight excluding hydrogens is 337 g/mol. The topological polar surface area (TPSA) is 38.3 Å². The minimum atomic E-state index is -4.58. The number of nitrogens with one attached hydrogen (secondary N) is 1. The molecule has 0 fully saturated rings. The van der Waals surface area contributed by atoms with E-state index in [1.807, 2.05) is 5.32 Å². The average Bonchev–Trinajstić information content (AvgIpc) is 2.38. The molecule has 0 spiro atoms. The third-order valence-corrected chi connectivity index (χ3v) is 3.39. The lowest BCUT2D eigenvalue weighted by Crippen LogP contribution is -2.50. The molecule has 0 aliphatic rings. The van der Waals surface area contributed by atoms with Crippen molar-refractivity contribution in [2.45, 2.75) is 18.6 Å². The normalized spacial score (nSPS) is 14.7. The molecule has 0 bridgehead atoms. The Bertz CT molecular complexity index is 551. The van der Waals surface area contributed by atoms with Crippen molar-refractivity contribution in [3.8, 4) is 0 Å². The van der Waals surface area contributed by atoms with Crippen LogP contribution in [0.25, 0.3) is 0 Å². The zero-order valence-electron chi connectivity index (χ0n) is 10.9. The number of hydrogen-bond donors (Lipinski definition) is 1. The Morgan fingerprint density at radius 3 is 2.33 bits per heavy atom. The first kappa shape index (κ1) is 18.0. The minimum absolute atomic E-state index is 0.163. The molecule has 1 N–H and O–H groups in total. The first-order chi connectivity index (χ1) is 9.51. The summed E-state index contributed by atoms with van der Waals surface area (Å²) in [6.07, 6.45) is -4.58. The van der Waals surface area contributed by atoms with Crippen LogP contribution in [0.15, 0.2) is 12.1 Å². The van der Waals surface area contributed by atoms with Crippen LogP contribution in [0.1, 0.15) is 12.5 Å². The highest BCUT2D eigenvalue weighted by molar-refractivity contribution is 6.35. The molecule has 1 aromatic rings. The maximum Gasteiger partial charge on any atom is 0.401 e. The van der Waals surface area contributed by atoms with Gasteiger partial charge in [0.15, 0.2) is 0 Å². The maximum atomic E-state index is 13.5. The van der Waals surface area contributed by atoms with E-state index >= 15 is 0 Å². The van der Waals surface area contributed by atoms with Crippen molar-refractivity contribution in [1.82, 2.24) is 5.32 Å². The van der Waals surface area contributed by atoms with Gasteiger partial charge in [-0.1, -0.05) is 23.2 Å². The zero-order chi connectivity index (χ0) is 16.4. The molecule has 0 saturated carbocycles. The standard InChI is InChI=1S/C12H11Cl2F4NO2/c1-11(10(20)21-2,19-5-12(16,17)18)6-3-9(15)8(14)4-7(6)13/h3-4,19H,5H2,1-2H3. The van der Waals surface area contributed by atoms with Crippen molar-refractivity contribution in [3.63, 3.8) is 0 Å². The van der Waals surface area contributed by atoms with Gasteiger partial charge >= 0.3 is 12.1 Å². The first-order valence-corrected chi connectivity index (χ1v) is 6.32. The number of esters is 1. The van der Waals surface area contributed by atoms with Gasteiger partial charge in [0.05, 0.1) is 18.7 Å². The van der Waals surface area contributed by atoms with Crippen molar-refractivity contribution >= 4 is 29.2 Å². The summed E-state index contributed by atoms with van der Waals surface area (Å²) in [6.45, 7) is -0.377. The van der Waals surface area contributed by atoms with E-state index in [2.05, 4.69) is 4.74 Å². The fourth-order valence-corrected chi connectivity index (χ4v) is 2.24. The van der Waals surface area contributed by atoms with Gasteiger partial charge in [0.1, 0.15) is 11.4 Å². The Hall–Kier alpha value is -1.05. The lowest BCUT2D eigenvalue weighted by Gasteiger charge is -2.30. The molecule has 0 aromatic heterocycles. The molecular formula is C12H11Cl2F4NO2. The Morgan fingerprint density at radius 2 is 1.86 bits per heavy atom. The van der Waals surface area contributed by atoms with Gasteiger partial charge in [-0.2, -0.15) is 13.2 Å². The Balaban J connectivity index is 3.31. The van der Waals surface area contributed by atoms with Crippen molar-refractivity contribution in [3.05, 3.63) is 33.6 Å². The predicted molar refractivity (Wildman–Crippen MR) is 69.8 cm³/mol. The average molecular weight is 348 g/mol. The van der Waals surface area contributed by atoms with Crippen LogP contribution in [-0.2, 0) is 15.1 Å². The van der Waals surface area contributed by atoms with Gasteiger partial charge in [0, 0.05) is 10.6 Å². The third-order valence-electron chi connectivity index (χ3n) is 2.78. The van der Waals surface area contributed by atoms with Gasteiger partial charge in [-0.3, -0.25) is 5.32 Å². The first-order valence-electron chi connectivity index (χ1n) is 5.56. The van der Waals surface area contributed by atoms with Crippen molar-refractivity contribution in [2.75, 3.05) is 13.7 Å². The van der Waals surface area contributed by atoms with Gasteiger partial charge in [-0.15, -0.1) is 0 Å². The van der Waals surface area contributed by atoms with Crippen molar-refractivity contribution < 1.29 is 27.1 Å². The molecule has 118 valence electrons. The zero-order valence-corrected chi connectivity index (χ0v) is 12.5. The van der Waals surface area contributed by atoms with Crippen LogP contribution < -0.4 is 5.32 Å². The van der Waals surface area contributed by atoms with Crippen LogP contribution in [0.4, 0.5) is 17.6 Å². The number of hydrogen-bond acceptors (Lipinski definition) is 3. The molecule has 21 heavy (non-hydrogen) atoms. The number of benzene rings is 1. The summed E-state index contributed by atoms with van der Waals surface area (Å²) in [7, 11) is 0.996. The van der Waals surface area contributed by atoms with E-state index in [4.69, 9.17) is 23.2 Å². The molecule has 0 saturated heterocycles. The highest BCUT2D eigenvalue weighted by Gasteiger charge is 2.41. The van der Waals surface area contributed by atoms with Crippen LogP contribution >= 0.6 is 23.2 Å². The molecule has 0 radical (unpaired) electrons. The van der Waals surface area contributed by atoms with E-state index in [0.29, 0.717) is 0 Å². The third kappa shape index (κ3) is 4.21. The fraction of sp³-hybridized carbons (Fsp3) is 0.417. The van der Waals surface area contributed by atoms with Gasteiger partial charge in [0.25, 0.3) is 0 Å². The Kier molecular flexibility index (Phi) is 5.46. The van der Waals surface area contributed by atoms with E-state index in [0.717, 1.165) is 26.2 Å². The number of methoxy groups -OCH3 is 1. The van der Waals surface area contributed by atoms with E-state index < -0.39 is 30.0 Å². The summed E-state index contributed by atoms with van der Waals surface area (Å²) in [5.74, 6) is -1.96. The molecule has 3 nitrogen and oxygen atoms in total. The van der Waals surface area contributed by atoms with Crippen LogP contribution in [-0.4, -0.2) is 25.8 Å². The van der Waals surface area contributed by atoms with Crippen LogP contribution in [0.5, 0.6) is 0 Å². The lowest BCUT2D eigenvalue weighted by atomic mass is 9.91. The quantitative estimate of drug-likeness (QED) is 0.513. The maximum absolute atomic E-state index is 13.5. The molecule has 1 aromatic carbocycles. The summed E-state index contributed by atoms with van der Waals surface area (Å²) in [4.78, 5) is 11.8. The summed E-state index contributed by atoms with van der Waals surface area (Å²) in [5, 5.41) is 1.52. The van der Waals surface area contributed by atoms with E-state index in [9.17, 15) is 22.4 Å². The summed E-state index contributed by atoms with van der Waals surface area (Å²) in [6, 6.07) is 1.80. The van der Waals surface area contributed by atoms with E-state index in [1.165, 1.54) is 0 Å². The molecule has 1 unspecified atom stereocenters. The second kappa shape index (κ2) is 6.37. The second-order valence-corrected chi connectivity index (χ2v) is 5.15. The highest BCUT2D eigenvalue weighted by atomic mass is 35.5. The van der Waals surface area contributed by atoms with Crippen LogP contribution in [0.2, 0.25) is 10.0 Å². The summed E-state index contributed by atoms with van der Waals surface area (Å²) >= 11 is 11.4. The van der Waals surface area contributed by atoms with Crippen LogP contribution in [0, 0.1) is 5.82 Å². The molecule has 0 aliphatic heterocycles. The number of carbonyl (C=O) groups excluding carboxylic acids is 1. The molecule has 0 aliphatic carbocycles. The number of alkyl halides is 3. The van der Waals surface area contributed by atoms with Gasteiger partial charge in [0.2, 0.25) is 0 Å². The fourth-order valence-electron chi connectivity index (χ4n) is 1.66. The van der Waals surface area contributed by atoms with E-state index in [-0.39, 0.29) is 15.6 Å². The second-order valence-electron chi connectivity index (χ2n) is 4.33. The number of halogens is 6. The van der Waals surface area contributed by atoms with Crippen molar-refractivity contribution in [2.24, 2.45) is 0 Å².